The van der Waals surface area contributed by atoms with Crippen molar-refractivity contribution < 1.29 is 13.2 Å². The van der Waals surface area contributed by atoms with Crippen LogP contribution in [0.4, 0.5) is 13.2 Å². The van der Waals surface area contributed by atoms with Gasteiger partial charge in [0.15, 0.2) is 0 Å². The predicted molar refractivity (Wildman–Crippen MR) is 359 cm³/mol. The van der Waals surface area contributed by atoms with E-state index in [1.807, 2.05) is 128 Å². The van der Waals surface area contributed by atoms with E-state index in [0.29, 0.717) is 44.5 Å². The Hall–Kier alpha value is -11.9. The van der Waals surface area contributed by atoms with Crippen molar-refractivity contribution in [3.05, 3.63) is 287 Å². The molecule has 0 amide bonds. The van der Waals surface area contributed by atoms with E-state index < -0.39 is 11.7 Å². The number of nitriles is 3. The minimum atomic E-state index is -4.70. The fourth-order valence-corrected chi connectivity index (χ4v) is 13.6. The number of fused-ring (bicyclic) bond motifs is 12. The van der Waals surface area contributed by atoms with Gasteiger partial charge >= 0.3 is 6.18 Å². The molecule has 0 radical (unpaired) electrons. The largest absolute Gasteiger partial charge is 0.418 e. The second-order valence-corrected chi connectivity index (χ2v) is 23.3. The first kappa shape index (κ1) is 54.7. The molecule has 7 nitrogen and oxygen atoms in total. The number of hydrogen-bond donors (Lipinski definition) is 0. The Morgan fingerprint density at radius 1 is 0.289 bits per heavy atom. The lowest BCUT2D eigenvalue weighted by Crippen LogP contribution is -2.15. The van der Waals surface area contributed by atoms with E-state index in [9.17, 15) is 15.8 Å². The van der Waals surface area contributed by atoms with Crippen molar-refractivity contribution in [2.75, 3.05) is 0 Å². The van der Waals surface area contributed by atoms with E-state index in [4.69, 9.17) is 0 Å². The molecule has 0 aliphatic heterocycles. The van der Waals surface area contributed by atoms with Crippen molar-refractivity contribution in [3.63, 3.8) is 0 Å². The van der Waals surface area contributed by atoms with Crippen LogP contribution in [0.2, 0.25) is 0 Å². The van der Waals surface area contributed by atoms with Gasteiger partial charge in [0.25, 0.3) is 0 Å². The van der Waals surface area contributed by atoms with Gasteiger partial charge < -0.3 is 18.3 Å². The third-order valence-electron chi connectivity index (χ3n) is 17.5. The summed E-state index contributed by atoms with van der Waals surface area (Å²) in [6.45, 7) is 8.24. The van der Waals surface area contributed by atoms with Gasteiger partial charge in [0.1, 0.15) is 6.07 Å². The number of para-hydroxylation sites is 4. The molecule has 0 saturated heterocycles. The number of alkyl halides is 3. The van der Waals surface area contributed by atoms with Crippen molar-refractivity contribution in [2.24, 2.45) is 0 Å². The molecule has 0 spiro atoms. The minimum Gasteiger partial charge on any atom is -0.307 e. The average Bonchev–Trinajstić information content (AvgIpc) is 1.54. The monoisotopic (exact) mass is 1170 g/mol. The molecule has 16 rings (SSSR count). The molecule has 0 atom stereocenters. The number of rotatable bonds is 6. The summed E-state index contributed by atoms with van der Waals surface area (Å²) in [7, 11) is 0. The molecule has 0 saturated carbocycles. The number of benzene rings is 12. The summed E-state index contributed by atoms with van der Waals surface area (Å²) < 4.78 is 55.0. The first-order valence-electron chi connectivity index (χ1n) is 29.6. The normalized spacial score (nSPS) is 11.7. The van der Waals surface area contributed by atoms with Gasteiger partial charge in [-0.25, -0.2) is 0 Å². The summed E-state index contributed by atoms with van der Waals surface area (Å²) in [6, 6.07) is 85.9. The highest BCUT2D eigenvalue weighted by Crippen LogP contribution is 2.47. The second kappa shape index (κ2) is 21.2. The molecule has 0 fully saturated rings. The second-order valence-electron chi connectivity index (χ2n) is 23.3. The van der Waals surface area contributed by atoms with Crippen LogP contribution in [0, 0.1) is 61.7 Å². The molecule has 0 aliphatic carbocycles. The van der Waals surface area contributed by atoms with Gasteiger partial charge in [-0.2, -0.15) is 29.0 Å². The Kier molecular flexibility index (Phi) is 12.9. The lowest BCUT2D eigenvalue weighted by molar-refractivity contribution is -0.137. The third kappa shape index (κ3) is 8.86. The van der Waals surface area contributed by atoms with Crippen LogP contribution in [0.25, 0.3) is 132 Å². The van der Waals surface area contributed by atoms with Gasteiger partial charge in [0.2, 0.25) is 0 Å². The van der Waals surface area contributed by atoms with Gasteiger partial charge in [-0.1, -0.05) is 144 Å². The fourth-order valence-electron chi connectivity index (χ4n) is 13.6. The highest BCUT2D eigenvalue weighted by Gasteiger charge is 2.38. The van der Waals surface area contributed by atoms with Gasteiger partial charge in [-0.3, -0.25) is 0 Å². The average molecular weight is 1170 g/mol. The third-order valence-corrected chi connectivity index (χ3v) is 17.5. The van der Waals surface area contributed by atoms with Crippen LogP contribution in [0.5, 0.6) is 0 Å². The maximum atomic E-state index is 15.6. The van der Waals surface area contributed by atoms with Crippen LogP contribution in [-0.2, 0) is 6.18 Å². The van der Waals surface area contributed by atoms with Gasteiger partial charge in [-0.05, 0) is 171 Å². The molecule has 428 valence electrons. The molecular weight excluding hydrogens is 1120 g/mol. The van der Waals surface area contributed by atoms with Crippen LogP contribution < -0.4 is 0 Å². The van der Waals surface area contributed by atoms with Gasteiger partial charge in [-0.15, -0.1) is 0 Å². The Morgan fingerprint density at radius 2 is 0.622 bits per heavy atom. The van der Waals surface area contributed by atoms with Crippen molar-refractivity contribution in [1.82, 2.24) is 18.3 Å². The lowest BCUT2D eigenvalue weighted by Gasteiger charge is -2.23. The molecule has 12 aromatic carbocycles. The highest BCUT2D eigenvalue weighted by atomic mass is 19.4. The van der Waals surface area contributed by atoms with Crippen LogP contribution in [0.15, 0.2) is 243 Å². The van der Waals surface area contributed by atoms with Crippen molar-refractivity contribution in [2.45, 2.75) is 33.9 Å². The smallest absolute Gasteiger partial charge is 0.307 e. The zero-order chi connectivity index (χ0) is 61.7. The zero-order valence-corrected chi connectivity index (χ0v) is 49.4. The highest BCUT2D eigenvalue weighted by molar-refractivity contribution is 6.14. The van der Waals surface area contributed by atoms with Crippen LogP contribution in [-0.4, -0.2) is 18.3 Å². The summed E-state index contributed by atoms with van der Waals surface area (Å²) in [5, 5.41) is 38.4. The molecule has 0 aliphatic rings. The van der Waals surface area contributed by atoms with Crippen molar-refractivity contribution in [1.29, 1.82) is 15.8 Å². The zero-order valence-electron chi connectivity index (χ0n) is 49.4. The number of aromatic nitrogens is 4. The molecular formula is C80H52F3N7. The summed E-state index contributed by atoms with van der Waals surface area (Å²) in [5.41, 5.74) is 17.3. The maximum Gasteiger partial charge on any atom is 0.418 e. The lowest BCUT2D eigenvalue weighted by atomic mass is 9.98. The Balaban J connectivity index is 0.000000150. The van der Waals surface area contributed by atoms with E-state index in [1.54, 1.807) is 34.9 Å². The molecule has 4 aromatic heterocycles. The summed E-state index contributed by atoms with van der Waals surface area (Å²) in [5.74, 6) is 0. The molecule has 0 bridgehead atoms. The van der Waals surface area contributed by atoms with Crippen LogP contribution in [0.1, 0.15) is 44.5 Å². The molecule has 16 aromatic rings. The topological polar surface area (TPSA) is 91.1 Å². The Labute approximate surface area is 516 Å². The number of aryl methyl sites for hydroxylation is 4. The molecule has 4 heterocycles. The molecule has 90 heavy (non-hydrogen) atoms. The maximum absolute atomic E-state index is 15.6. The van der Waals surface area contributed by atoms with Crippen LogP contribution in [0.3, 0.4) is 0 Å². The standard InChI is InChI=1S/C40H26F3N3.C40H26N4/c1-24-14-16-36-31(18-24)29-10-3-5-12-34(29)45(36)38-22-28(27-9-7-8-26(20-27)23-44)21-33(40(41,42)43)39(38)46-35-13-6-4-11-30(35)32-19-25(2)15-17-37(32)46;1-25-14-16-37-33(18-25)31-10-3-5-12-35(31)43(37)39-22-29(28-9-7-8-27(20-28)23-41)21-30(24-42)40(39)44-36-13-6-4-11-32(36)34-19-26(2)15-17-38(34)44/h3-22H,1-2H3;3-22H,1-2H3. The Morgan fingerprint density at radius 3 is 1.00 bits per heavy atom. The molecule has 0 unspecified atom stereocenters. The fraction of sp³-hybridized carbons (Fsp3) is 0.0625. The van der Waals surface area contributed by atoms with Crippen molar-refractivity contribution in [3.8, 4) is 63.2 Å². The van der Waals surface area contributed by atoms with E-state index in [1.165, 1.54) is 22.6 Å². The number of hydrogen-bond acceptors (Lipinski definition) is 3. The van der Waals surface area contributed by atoms with Crippen LogP contribution >= 0.6 is 0 Å². The van der Waals surface area contributed by atoms with E-state index in [-0.39, 0.29) is 5.69 Å². The summed E-state index contributed by atoms with van der Waals surface area (Å²) >= 11 is 0. The van der Waals surface area contributed by atoms with Gasteiger partial charge in [0.05, 0.1) is 101 Å². The minimum absolute atomic E-state index is 0.0472. The predicted octanol–water partition coefficient (Wildman–Crippen LogP) is 21.0. The first-order valence-corrected chi connectivity index (χ1v) is 29.6. The first-order chi connectivity index (χ1) is 43.8. The quantitative estimate of drug-likeness (QED) is 0.166. The summed E-state index contributed by atoms with van der Waals surface area (Å²) in [6.07, 6.45) is -4.70. The Bertz CT molecular complexity index is 5830. The van der Waals surface area contributed by atoms with E-state index >= 15 is 13.2 Å². The van der Waals surface area contributed by atoms with Crippen molar-refractivity contribution >= 4 is 87.2 Å². The SMILES string of the molecule is Cc1ccc2c(c1)c1ccccc1n2-c1cc(-c2cccc(C#N)c2)cc(C#N)c1-n1c2ccccc2c2cc(C)ccc21.Cc1ccc2c(c1)c1ccccc1n2-c1cc(-c2cccc(C#N)c2)cc(C(F)(F)F)c1-n1c2ccccc2c2cc(C)ccc21. The van der Waals surface area contributed by atoms with Gasteiger partial charge in [0, 0.05) is 43.1 Å². The summed E-state index contributed by atoms with van der Waals surface area (Å²) in [4.78, 5) is 0. The number of halogens is 3. The van der Waals surface area contributed by atoms with E-state index in [2.05, 4.69) is 138 Å². The van der Waals surface area contributed by atoms with E-state index in [0.717, 1.165) is 104 Å². The molecule has 10 heteroatoms. The number of nitrogens with zero attached hydrogens (tertiary/aromatic N) is 7. The molecule has 0 N–H and O–H groups in total.